The zero-order chi connectivity index (χ0) is 22.2. The molecule has 0 spiro atoms. The first kappa shape index (κ1) is 21.4. The molecule has 0 saturated carbocycles. The minimum atomic E-state index is -0.649. The maximum atomic E-state index is 13.1. The van der Waals surface area contributed by atoms with Crippen LogP contribution < -0.4 is 16.6 Å². The van der Waals surface area contributed by atoms with Crippen LogP contribution in [0.15, 0.2) is 20.2 Å². The summed E-state index contributed by atoms with van der Waals surface area (Å²) in [6, 6.07) is 1.03. The Bertz CT molecular complexity index is 1200. The molecule has 0 bridgehead atoms. The highest BCUT2D eigenvalue weighted by Gasteiger charge is 2.23. The summed E-state index contributed by atoms with van der Waals surface area (Å²) in [4.78, 5) is 49.2. The zero-order valence-electron chi connectivity index (χ0n) is 17.9. The zero-order valence-corrected chi connectivity index (χ0v) is 17.9. The summed E-state index contributed by atoms with van der Waals surface area (Å²) in [5.41, 5.74) is -0.239. The Morgan fingerprint density at radius 2 is 1.90 bits per heavy atom. The fourth-order valence-corrected chi connectivity index (χ4v) is 3.13. The Morgan fingerprint density at radius 1 is 1.20 bits per heavy atom. The number of H-pyrrole nitrogens is 1. The molecule has 10 heteroatoms. The number of nitrogens with one attached hydrogen (secondary N) is 2. The summed E-state index contributed by atoms with van der Waals surface area (Å²) in [6.07, 6.45) is 0. The van der Waals surface area contributed by atoms with Crippen molar-refractivity contribution in [2.45, 2.75) is 60.0 Å². The van der Waals surface area contributed by atoms with Crippen molar-refractivity contribution in [1.82, 2.24) is 30.0 Å². The monoisotopic (exact) mass is 414 g/mol. The average molecular weight is 414 g/mol. The number of amides is 1. The van der Waals surface area contributed by atoms with Crippen LogP contribution in [0.2, 0.25) is 0 Å². The normalized spacial score (nSPS) is 12.7. The second kappa shape index (κ2) is 8.21. The van der Waals surface area contributed by atoms with Crippen LogP contribution in [0.4, 0.5) is 0 Å². The van der Waals surface area contributed by atoms with Crippen LogP contribution in [-0.2, 0) is 6.54 Å². The maximum Gasteiger partial charge on any atom is 0.330 e. The van der Waals surface area contributed by atoms with Crippen molar-refractivity contribution in [3.8, 4) is 0 Å². The molecule has 30 heavy (non-hydrogen) atoms. The molecule has 2 N–H and O–H groups in total. The Labute approximate surface area is 172 Å². The predicted molar refractivity (Wildman–Crippen MR) is 110 cm³/mol. The van der Waals surface area contributed by atoms with Crippen LogP contribution in [0.3, 0.4) is 0 Å². The van der Waals surface area contributed by atoms with E-state index >= 15 is 0 Å². The molecule has 10 nitrogen and oxygen atoms in total. The lowest BCUT2D eigenvalue weighted by Crippen LogP contribution is -2.35. The van der Waals surface area contributed by atoms with Crippen LogP contribution in [-0.4, -0.2) is 30.6 Å². The van der Waals surface area contributed by atoms with E-state index in [1.165, 1.54) is 4.57 Å². The number of carbonyl (C=O) groups is 1. The number of fused-ring (bicyclic) bond motifs is 1. The van der Waals surface area contributed by atoms with Gasteiger partial charge in [-0.2, -0.15) is 4.98 Å². The average Bonchev–Trinajstić information content (AvgIpc) is 3.10. The Balaban J connectivity index is 2.18. The summed E-state index contributed by atoms with van der Waals surface area (Å²) in [5, 5.41) is 6.59. The minimum absolute atomic E-state index is 0.0150. The van der Waals surface area contributed by atoms with Gasteiger partial charge >= 0.3 is 5.69 Å². The van der Waals surface area contributed by atoms with Gasteiger partial charge in [0.25, 0.3) is 11.5 Å². The maximum absolute atomic E-state index is 13.1. The van der Waals surface area contributed by atoms with E-state index in [1.54, 1.807) is 19.9 Å². The molecule has 0 aliphatic carbocycles. The van der Waals surface area contributed by atoms with Gasteiger partial charge in [0.1, 0.15) is 6.04 Å². The van der Waals surface area contributed by atoms with E-state index in [2.05, 4.69) is 25.4 Å². The van der Waals surface area contributed by atoms with E-state index in [9.17, 15) is 14.4 Å². The Morgan fingerprint density at radius 3 is 2.47 bits per heavy atom. The van der Waals surface area contributed by atoms with Gasteiger partial charge in [-0.25, -0.2) is 9.78 Å². The molecular formula is C20H26N6O4. The third kappa shape index (κ3) is 4.17. The molecule has 0 aromatic carbocycles. The highest BCUT2D eigenvalue weighted by atomic mass is 16.5. The number of rotatable bonds is 6. The molecule has 0 aliphatic rings. The highest BCUT2D eigenvalue weighted by Crippen LogP contribution is 2.21. The van der Waals surface area contributed by atoms with Gasteiger partial charge in [-0.15, -0.1) is 0 Å². The van der Waals surface area contributed by atoms with Gasteiger partial charge in [0.2, 0.25) is 5.89 Å². The topological polar surface area (TPSA) is 136 Å². The van der Waals surface area contributed by atoms with E-state index in [1.807, 2.05) is 27.7 Å². The summed E-state index contributed by atoms with van der Waals surface area (Å²) in [7, 11) is 0. The quantitative estimate of drug-likeness (QED) is 0.630. The molecule has 3 heterocycles. The van der Waals surface area contributed by atoms with Crippen molar-refractivity contribution in [3.05, 3.63) is 49.9 Å². The van der Waals surface area contributed by atoms with Crippen LogP contribution in [0.25, 0.3) is 11.0 Å². The fraction of sp³-hybridized carbons (Fsp3) is 0.500. The lowest BCUT2D eigenvalue weighted by molar-refractivity contribution is 0.0934. The number of pyridine rings is 1. The molecule has 0 fully saturated rings. The lowest BCUT2D eigenvalue weighted by atomic mass is 10.0. The molecule has 3 rings (SSSR count). The second-order valence-corrected chi connectivity index (χ2v) is 8.09. The molecule has 3 aromatic rings. The number of hydrogen-bond acceptors (Lipinski definition) is 7. The Kier molecular flexibility index (Phi) is 5.86. The molecule has 3 aromatic heterocycles. The molecule has 1 atom stereocenters. The van der Waals surface area contributed by atoms with Crippen molar-refractivity contribution in [2.24, 2.45) is 5.92 Å². The number of nitrogens with zero attached hydrogens (tertiary/aromatic N) is 4. The van der Waals surface area contributed by atoms with Crippen molar-refractivity contribution in [3.63, 3.8) is 0 Å². The molecular weight excluding hydrogens is 388 g/mol. The molecule has 1 unspecified atom stereocenters. The fourth-order valence-electron chi connectivity index (χ4n) is 3.13. The van der Waals surface area contributed by atoms with Gasteiger partial charge in [-0.05, 0) is 31.7 Å². The first-order chi connectivity index (χ1) is 14.1. The SMILES string of the molecule is Cc1noc(C(C)NC(=O)c2cc(C(C)C)nc3c2c(=O)[nH]c(=O)n3CC(C)C)n1. The highest BCUT2D eigenvalue weighted by molar-refractivity contribution is 6.05. The van der Waals surface area contributed by atoms with E-state index in [-0.39, 0.29) is 34.3 Å². The second-order valence-electron chi connectivity index (χ2n) is 8.09. The molecule has 0 radical (unpaired) electrons. The number of aryl methyl sites for hydroxylation is 1. The molecule has 0 saturated heterocycles. The molecule has 1 amide bonds. The van der Waals surface area contributed by atoms with Gasteiger partial charge in [0, 0.05) is 12.2 Å². The first-order valence-electron chi connectivity index (χ1n) is 9.87. The number of aromatic nitrogens is 5. The standard InChI is InChI=1S/C20H26N6O4/c1-9(2)8-26-16-15(18(28)24-20(26)29)13(7-14(23-16)10(3)4)17(27)21-11(5)19-22-12(6)25-30-19/h7,9-11H,8H2,1-6H3,(H,21,27)(H,24,28,29). The van der Waals surface area contributed by atoms with E-state index in [0.717, 1.165) is 0 Å². The summed E-state index contributed by atoms with van der Waals surface area (Å²) in [6.45, 7) is 11.5. The first-order valence-corrected chi connectivity index (χ1v) is 9.87. The van der Waals surface area contributed by atoms with Crippen molar-refractivity contribution in [2.75, 3.05) is 0 Å². The number of aromatic amines is 1. The third-order valence-corrected chi connectivity index (χ3v) is 4.61. The number of carbonyl (C=O) groups excluding carboxylic acids is 1. The van der Waals surface area contributed by atoms with E-state index < -0.39 is 23.2 Å². The van der Waals surface area contributed by atoms with Gasteiger partial charge in [-0.1, -0.05) is 32.9 Å². The Hall–Kier alpha value is -3.30. The summed E-state index contributed by atoms with van der Waals surface area (Å²) < 4.78 is 6.52. The van der Waals surface area contributed by atoms with Gasteiger partial charge in [0.15, 0.2) is 11.5 Å². The summed E-state index contributed by atoms with van der Waals surface area (Å²) >= 11 is 0. The van der Waals surface area contributed by atoms with Gasteiger partial charge < -0.3 is 9.84 Å². The third-order valence-electron chi connectivity index (χ3n) is 4.61. The van der Waals surface area contributed by atoms with E-state index in [0.29, 0.717) is 18.1 Å². The molecule has 160 valence electrons. The largest absolute Gasteiger partial charge is 0.340 e. The minimum Gasteiger partial charge on any atom is -0.340 e. The summed E-state index contributed by atoms with van der Waals surface area (Å²) in [5.74, 6) is 0.344. The van der Waals surface area contributed by atoms with Crippen LogP contribution in [0.1, 0.15) is 74.3 Å². The predicted octanol–water partition coefficient (Wildman–Crippen LogP) is 2.05. The van der Waals surface area contributed by atoms with Crippen LogP contribution in [0, 0.1) is 12.8 Å². The lowest BCUT2D eigenvalue weighted by Gasteiger charge is -2.16. The van der Waals surface area contributed by atoms with Crippen LogP contribution in [0.5, 0.6) is 0 Å². The van der Waals surface area contributed by atoms with Crippen LogP contribution >= 0.6 is 0 Å². The number of hydrogen-bond donors (Lipinski definition) is 2. The van der Waals surface area contributed by atoms with Crippen molar-refractivity contribution in [1.29, 1.82) is 0 Å². The molecule has 0 aliphatic heterocycles. The van der Waals surface area contributed by atoms with Crippen molar-refractivity contribution >= 4 is 16.9 Å². The van der Waals surface area contributed by atoms with E-state index in [4.69, 9.17) is 4.52 Å². The van der Waals surface area contributed by atoms with Gasteiger partial charge in [0.05, 0.1) is 10.9 Å². The van der Waals surface area contributed by atoms with Gasteiger partial charge in [-0.3, -0.25) is 19.1 Å². The smallest absolute Gasteiger partial charge is 0.330 e. The van der Waals surface area contributed by atoms with Crippen molar-refractivity contribution < 1.29 is 9.32 Å².